The summed E-state index contributed by atoms with van der Waals surface area (Å²) in [6.45, 7) is 6.68. The van der Waals surface area contributed by atoms with Crippen molar-refractivity contribution >= 4 is 28.6 Å². The van der Waals surface area contributed by atoms with Gasteiger partial charge in [0, 0.05) is 11.6 Å². The average Bonchev–Trinajstić information content (AvgIpc) is 3.00. The zero-order valence-corrected chi connectivity index (χ0v) is 16.1. The number of aromatic amines is 1. The zero-order valence-electron chi connectivity index (χ0n) is 16.1. The van der Waals surface area contributed by atoms with E-state index >= 15 is 0 Å². The Labute approximate surface area is 158 Å². The third-order valence-electron chi connectivity index (χ3n) is 4.44. The van der Waals surface area contributed by atoms with Gasteiger partial charge in [-0.15, -0.1) is 0 Å². The Morgan fingerprint density at radius 2 is 2.04 bits per heavy atom. The van der Waals surface area contributed by atoms with E-state index in [2.05, 4.69) is 52.1 Å². The van der Waals surface area contributed by atoms with Crippen LogP contribution >= 0.6 is 0 Å². The van der Waals surface area contributed by atoms with E-state index in [-0.39, 0.29) is 5.41 Å². The van der Waals surface area contributed by atoms with Gasteiger partial charge in [0.15, 0.2) is 5.82 Å². The highest BCUT2D eigenvalue weighted by molar-refractivity contribution is 5.95. The van der Waals surface area contributed by atoms with Gasteiger partial charge in [-0.3, -0.25) is 10.4 Å². The van der Waals surface area contributed by atoms with Crippen LogP contribution in [0.2, 0.25) is 0 Å². The number of H-pyrrole nitrogens is 1. The Bertz CT molecular complexity index is 972. The lowest BCUT2D eigenvalue weighted by Crippen LogP contribution is -2.11. The van der Waals surface area contributed by atoms with E-state index in [1.54, 1.807) is 6.20 Å². The summed E-state index contributed by atoms with van der Waals surface area (Å²) in [7, 11) is 1.32. The van der Waals surface area contributed by atoms with Crippen molar-refractivity contribution in [3.05, 3.63) is 36.0 Å². The summed E-state index contributed by atoms with van der Waals surface area (Å²) in [5, 5.41) is 10.7. The molecule has 7 heteroatoms. The van der Waals surface area contributed by atoms with Crippen LogP contribution in [0.4, 0.5) is 16.4 Å². The Balaban J connectivity index is 2.03. The predicted molar refractivity (Wildman–Crippen MR) is 108 cm³/mol. The van der Waals surface area contributed by atoms with Crippen LogP contribution in [0.5, 0.6) is 0 Å². The molecular formula is C20H25N5O2. The van der Waals surface area contributed by atoms with Gasteiger partial charge in [-0.1, -0.05) is 20.8 Å². The first-order valence-corrected chi connectivity index (χ1v) is 8.85. The first-order valence-electron chi connectivity index (χ1n) is 8.85. The van der Waals surface area contributed by atoms with Gasteiger partial charge in [-0.05, 0) is 59.2 Å². The number of anilines is 2. The van der Waals surface area contributed by atoms with Crippen LogP contribution in [0.15, 0.2) is 30.5 Å². The van der Waals surface area contributed by atoms with Crippen molar-refractivity contribution < 1.29 is 9.53 Å². The molecule has 3 aromatic rings. The molecule has 0 radical (unpaired) electrons. The van der Waals surface area contributed by atoms with Crippen molar-refractivity contribution in [2.75, 3.05) is 18.2 Å². The number of pyridine rings is 1. The van der Waals surface area contributed by atoms with Gasteiger partial charge in [0.2, 0.25) is 0 Å². The number of aromatic nitrogens is 3. The van der Waals surface area contributed by atoms with Crippen LogP contribution in [-0.2, 0) is 11.2 Å². The molecule has 27 heavy (non-hydrogen) atoms. The molecule has 0 saturated heterocycles. The minimum absolute atomic E-state index is 0.224. The van der Waals surface area contributed by atoms with E-state index in [4.69, 9.17) is 5.73 Å². The number of nitrogen functional groups attached to an aromatic ring is 1. The Morgan fingerprint density at radius 3 is 2.74 bits per heavy atom. The van der Waals surface area contributed by atoms with Gasteiger partial charge in [0.25, 0.3) is 0 Å². The van der Waals surface area contributed by atoms with Gasteiger partial charge < -0.3 is 10.5 Å². The molecule has 1 aromatic carbocycles. The minimum Gasteiger partial charge on any atom is -0.453 e. The molecule has 4 N–H and O–H groups in total. The molecule has 0 aliphatic carbocycles. The Hall–Kier alpha value is -3.09. The van der Waals surface area contributed by atoms with Gasteiger partial charge >= 0.3 is 6.09 Å². The van der Waals surface area contributed by atoms with Crippen molar-refractivity contribution in [3.8, 4) is 11.1 Å². The van der Waals surface area contributed by atoms with E-state index in [9.17, 15) is 4.79 Å². The van der Waals surface area contributed by atoms with Gasteiger partial charge in [0.05, 0.1) is 12.6 Å². The number of hydrogen-bond donors (Lipinski definition) is 3. The molecule has 0 aliphatic rings. The normalized spacial score (nSPS) is 11.6. The lowest BCUT2D eigenvalue weighted by atomic mass is 9.87. The van der Waals surface area contributed by atoms with Gasteiger partial charge in [-0.2, -0.15) is 5.10 Å². The standard InChI is InChI=1S/C20H25N5O2/c1-20(2,3)7-5-13-9-14(10-15-17(13)24-25-18(15)21)12-6-8-22-16(11-12)23-19(26)27-4/h6,8-11H,5,7H2,1-4H3,(H3,21,24,25)(H,22,23,26). The molecule has 0 spiro atoms. The number of carbonyl (C=O) groups excluding carboxylic acids is 1. The Morgan fingerprint density at radius 1 is 1.26 bits per heavy atom. The SMILES string of the molecule is COC(=O)Nc1cc(-c2cc(CCC(C)(C)C)c3[nH]nc(N)c3c2)ccn1. The monoisotopic (exact) mass is 367 g/mol. The van der Waals surface area contributed by atoms with Crippen molar-refractivity contribution in [2.24, 2.45) is 5.41 Å². The second-order valence-electron chi connectivity index (χ2n) is 7.77. The van der Waals surface area contributed by atoms with Crippen LogP contribution in [0, 0.1) is 5.41 Å². The summed E-state index contributed by atoms with van der Waals surface area (Å²) in [5.74, 6) is 0.904. The summed E-state index contributed by atoms with van der Waals surface area (Å²) < 4.78 is 4.63. The predicted octanol–water partition coefficient (Wildman–Crippen LogP) is 4.36. The number of aryl methyl sites for hydroxylation is 1. The van der Waals surface area contributed by atoms with Crippen molar-refractivity contribution in [1.29, 1.82) is 0 Å². The minimum atomic E-state index is -0.556. The summed E-state index contributed by atoms with van der Waals surface area (Å²) in [6.07, 6.45) is 3.04. The fraction of sp³-hybridized carbons (Fsp3) is 0.350. The lowest BCUT2D eigenvalue weighted by molar-refractivity contribution is 0.187. The molecule has 3 rings (SSSR count). The third kappa shape index (κ3) is 4.36. The number of fused-ring (bicyclic) bond motifs is 1. The molecule has 0 bridgehead atoms. The second-order valence-corrected chi connectivity index (χ2v) is 7.77. The molecule has 7 nitrogen and oxygen atoms in total. The fourth-order valence-corrected chi connectivity index (χ4v) is 2.92. The summed E-state index contributed by atoms with van der Waals surface area (Å²) >= 11 is 0. The smallest absolute Gasteiger partial charge is 0.412 e. The molecule has 1 amide bonds. The number of amides is 1. The van der Waals surface area contributed by atoms with E-state index < -0.39 is 6.09 Å². The number of carbonyl (C=O) groups is 1. The highest BCUT2D eigenvalue weighted by Crippen LogP contribution is 2.32. The van der Waals surface area contributed by atoms with Crippen LogP contribution in [-0.4, -0.2) is 28.4 Å². The maximum absolute atomic E-state index is 11.4. The number of nitrogens with zero attached hydrogens (tertiary/aromatic N) is 2. The van der Waals surface area contributed by atoms with Crippen LogP contribution < -0.4 is 11.1 Å². The number of benzene rings is 1. The fourth-order valence-electron chi connectivity index (χ4n) is 2.92. The number of nitrogens with one attached hydrogen (secondary N) is 2. The molecule has 2 heterocycles. The maximum Gasteiger partial charge on any atom is 0.412 e. The van der Waals surface area contributed by atoms with Gasteiger partial charge in [-0.25, -0.2) is 9.78 Å². The molecule has 0 aliphatic heterocycles. The average molecular weight is 367 g/mol. The molecule has 2 aromatic heterocycles. The van der Waals surface area contributed by atoms with Crippen LogP contribution in [0.3, 0.4) is 0 Å². The summed E-state index contributed by atoms with van der Waals surface area (Å²) in [4.78, 5) is 15.6. The summed E-state index contributed by atoms with van der Waals surface area (Å²) in [6, 6.07) is 7.85. The number of rotatable bonds is 4. The molecule has 0 unspecified atom stereocenters. The van der Waals surface area contributed by atoms with Crippen molar-refractivity contribution in [3.63, 3.8) is 0 Å². The van der Waals surface area contributed by atoms with E-state index in [0.717, 1.165) is 34.9 Å². The molecule has 0 fully saturated rings. The second kappa shape index (κ2) is 7.26. The molecule has 142 valence electrons. The van der Waals surface area contributed by atoms with E-state index in [1.807, 2.05) is 18.2 Å². The number of methoxy groups -OCH3 is 1. The molecular weight excluding hydrogens is 342 g/mol. The number of nitrogens with two attached hydrogens (primary N) is 1. The number of hydrogen-bond acceptors (Lipinski definition) is 5. The van der Waals surface area contributed by atoms with E-state index in [0.29, 0.717) is 11.6 Å². The van der Waals surface area contributed by atoms with Crippen molar-refractivity contribution in [2.45, 2.75) is 33.6 Å². The Kier molecular flexibility index (Phi) is 5.03. The first-order chi connectivity index (χ1) is 12.8. The van der Waals surface area contributed by atoms with Crippen molar-refractivity contribution in [1.82, 2.24) is 15.2 Å². The number of ether oxygens (including phenoxy) is 1. The highest BCUT2D eigenvalue weighted by atomic mass is 16.5. The largest absolute Gasteiger partial charge is 0.453 e. The first kappa shape index (κ1) is 18.7. The topological polar surface area (TPSA) is 106 Å². The van der Waals surface area contributed by atoms with E-state index in [1.165, 1.54) is 12.7 Å². The quantitative estimate of drug-likeness (QED) is 0.635. The lowest BCUT2D eigenvalue weighted by Gasteiger charge is -2.18. The van der Waals surface area contributed by atoms with Crippen LogP contribution in [0.25, 0.3) is 22.0 Å². The van der Waals surface area contributed by atoms with Gasteiger partial charge in [0.1, 0.15) is 5.82 Å². The van der Waals surface area contributed by atoms with Crippen LogP contribution in [0.1, 0.15) is 32.8 Å². The zero-order chi connectivity index (χ0) is 19.6. The molecule has 0 atom stereocenters. The maximum atomic E-state index is 11.4. The summed E-state index contributed by atoms with van der Waals surface area (Å²) in [5.41, 5.74) is 10.3. The third-order valence-corrected chi connectivity index (χ3v) is 4.44. The highest BCUT2D eigenvalue weighted by Gasteiger charge is 2.15. The molecule has 0 saturated carbocycles.